The lowest BCUT2D eigenvalue weighted by atomic mass is 10.2. The van der Waals surface area contributed by atoms with E-state index >= 15 is 0 Å². The predicted molar refractivity (Wildman–Crippen MR) is 57.0 cm³/mol. The Morgan fingerprint density at radius 1 is 1.64 bits per heavy atom. The highest BCUT2D eigenvalue weighted by Crippen LogP contribution is 2.03. The SMILES string of the molecule is C=C(C)CCNCc1ncc(CC)o1. The summed E-state index contributed by atoms with van der Waals surface area (Å²) in [4.78, 5) is 4.15. The maximum atomic E-state index is 5.44. The van der Waals surface area contributed by atoms with Crippen LogP contribution in [0.3, 0.4) is 0 Å². The van der Waals surface area contributed by atoms with Gasteiger partial charge in [0.25, 0.3) is 0 Å². The van der Waals surface area contributed by atoms with Gasteiger partial charge in [0.05, 0.1) is 12.7 Å². The Labute approximate surface area is 85.2 Å². The van der Waals surface area contributed by atoms with Crippen molar-refractivity contribution in [1.82, 2.24) is 10.3 Å². The first-order valence-corrected chi connectivity index (χ1v) is 5.01. The Kier molecular flexibility index (Phi) is 4.40. The van der Waals surface area contributed by atoms with Crippen LogP contribution < -0.4 is 5.32 Å². The van der Waals surface area contributed by atoms with Crippen LogP contribution in [-0.2, 0) is 13.0 Å². The summed E-state index contributed by atoms with van der Waals surface area (Å²) in [7, 11) is 0. The van der Waals surface area contributed by atoms with Crippen LogP contribution in [0.1, 0.15) is 31.9 Å². The molecule has 0 aliphatic rings. The number of nitrogens with one attached hydrogen (secondary N) is 1. The predicted octanol–water partition coefficient (Wildman–Crippen LogP) is 2.29. The molecule has 1 heterocycles. The number of oxazole rings is 1. The van der Waals surface area contributed by atoms with Crippen LogP contribution in [-0.4, -0.2) is 11.5 Å². The third-order valence-electron chi connectivity index (χ3n) is 1.95. The van der Waals surface area contributed by atoms with E-state index in [1.54, 1.807) is 6.20 Å². The van der Waals surface area contributed by atoms with Crippen molar-refractivity contribution < 1.29 is 4.42 Å². The van der Waals surface area contributed by atoms with Gasteiger partial charge in [-0.3, -0.25) is 0 Å². The lowest BCUT2D eigenvalue weighted by Crippen LogP contribution is -2.14. The molecule has 0 saturated heterocycles. The van der Waals surface area contributed by atoms with Crippen LogP contribution in [0.5, 0.6) is 0 Å². The van der Waals surface area contributed by atoms with Gasteiger partial charge in [-0.05, 0) is 19.9 Å². The first-order chi connectivity index (χ1) is 6.72. The van der Waals surface area contributed by atoms with Crippen molar-refractivity contribution in [3.05, 3.63) is 30.0 Å². The molecule has 0 saturated carbocycles. The van der Waals surface area contributed by atoms with Crippen molar-refractivity contribution in [3.63, 3.8) is 0 Å². The van der Waals surface area contributed by atoms with Crippen molar-refractivity contribution in [2.24, 2.45) is 0 Å². The summed E-state index contributed by atoms with van der Waals surface area (Å²) in [5.41, 5.74) is 1.19. The summed E-state index contributed by atoms with van der Waals surface area (Å²) in [5.74, 6) is 1.71. The zero-order chi connectivity index (χ0) is 10.4. The third-order valence-corrected chi connectivity index (χ3v) is 1.95. The van der Waals surface area contributed by atoms with E-state index in [1.165, 1.54) is 5.57 Å². The van der Waals surface area contributed by atoms with Gasteiger partial charge in [0, 0.05) is 6.42 Å². The molecule has 0 aliphatic carbocycles. The van der Waals surface area contributed by atoms with Gasteiger partial charge in [0.15, 0.2) is 0 Å². The van der Waals surface area contributed by atoms with Crippen molar-refractivity contribution in [3.8, 4) is 0 Å². The van der Waals surface area contributed by atoms with Crippen LogP contribution in [0.2, 0.25) is 0 Å². The molecule has 0 unspecified atom stereocenters. The van der Waals surface area contributed by atoms with E-state index in [0.717, 1.165) is 31.0 Å². The van der Waals surface area contributed by atoms with Crippen LogP contribution >= 0.6 is 0 Å². The second kappa shape index (κ2) is 5.60. The van der Waals surface area contributed by atoms with E-state index in [4.69, 9.17) is 4.42 Å². The number of nitrogens with zero attached hydrogens (tertiary/aromatic N) is 1. The third kappa shape index (κ3) is 3.75. The number of hydrogen-bond donors (Lipinski definition) is 1. The van der Waals surface area contributed by atoms with Gasteiger partial charge in [-0.1, -0.05) is 12.5 Å². The van der Waals surface area contributed by atoms with Gasteiger partial charge in [-0.15, -0.1) is 6.58 Å². The smallest absolute Gasteiger partial charge is 0.208 e. The Morgan fingerprint density at radius 3 is 3.00 bits per heavy atom. The van der Waals surface area contributed by atoms with Gasteiger partial charge in [-0.2, -0.15) is 0 Å². The van der Waals surface area contributed by atoms with Gasteiger partial charge in [-0.25, -0.2) is 4.98 Å². The quantitative estimate of drug-likeness (QED) is 0.557. The molecule has 0 amide bonds. The molecule has 0 bridgehead atoms. The van der Waals surface area contributed by atoms with Gasteiger partial charge in [0.1, 0.15) is 5.76 Å². The minimum absolute atomic E-state index is 0.702. The van der Waals surface area contributed by atoms with Crippen molar-refractivity contribution in [1.29, 1.82) is 0 Å². The summed E-state index contributed by atoms with van der Waals surface area (Å²) < 4.78 is 5.44. The standard InChI is InChI=1S/C11H18N2O/c1-4-10-7-13-11(14-10)8-12-6-5-9(2)3/h7,12H,2,4-6,8H2,1,3H3. The molecule has 0 fully saturated rings. The molecule has 3 heteroatoms. The zero-order valence-electron chi connectivity index (χ0n) is 8.97. The highest BCUT2D eigenvalue weighted by molar-refractivity contribution is 4.93. The van der Waals surface area contributed by atoms with Gasteiger partial charge >= 0.3 is 0 Å². The molecule has 0 aliphatic heterocycles. The first kappa shape index (κ1) is 11.0. The van der Waals surface area contributed by atoms with E-state index < -0.39 is 0 Å². The van der Waals surface area contributed by atoms with Gasteiger partial charge < -0.3 is 9.73 Å². The lowest BCUT2D eigenvalue weighted by molar-refractivity contribution is 0.440. The highest BCUT2D eigenvalue weighted by Gasteiger charge is 2.00. The molecule has 0 spiro atoms. The first-order valence-electron chi connectivity index (χ1n) is 5.01. The number of aromatic nitrogens is 1. The largest absolute Gasteiger partial charge is 0.444 e. The topological polar surface area (TPSA) is 38.1 Å². The molecule has 0 radical (unpaired) electrons. The Hall–Kier alpha value is -1.09. The number of aryl methyl sites for hydroxylation is 1. The molecule has 3 nitrogen and oxygen atoms in total. The van der Waals surface area contributed by atoms with E-state index in [2.05, 4.69) is 23.8 Å². The molecule has 0 aromatic carbocycles. The monoisotopic (exact) mass is 194 g/mol. The molecule has 1 N–H and O–H groups in total. The molecule has 1 rings (SSSR count). The number of rotatable bonds is 6. The minimum Gasteiger partial charge on any atom is -0.444 e. The molecule has 78 valence electrons. The second-order valence-electron chi connectivity index (χ2n) is 3.46. The minimum atomic E-state index is 0.702. The van der Waals surface area contributed by atoms with Crippen molar-refractivity contribution in [2.45, 2.75) is 33.2 Å². The summed E-state index contributed by atoms with van der Waals surface area (Å²) in [6, 6.07) is 0. The maximum Gasteiger partial charge on any atom is 0.208 e. The van der Waals surface area contributed by atoms with E-state index in [9.17, 15) is 0 Å². The van der Waals surface area contributed by atoms with E-state index in [-0.39, 0.29) is 0 Å². The highest BCUT2D eigenvalue weighted by atomic mass is 16.4. The average Bonchev–Trinajstić information content (AvgIpc) is 2.60. The fourth-order valence-corrected chi connectivity index (χ4v) is 1.09. The summed E-state index contributed by atoms with van der Waals surface area (Å²) in [6.45, 7) is 9.55. The molecular formula is C11H18N2O. The van der Waals surface area contributed by atoms with Gasteiger partial charge in [0.2, 0.25) is 5.89 Å². The number of hydrogen-bond acceptors (Lipinski definition) is 3. The van der Waals surface area contributed by atoms with Crippen molar-refractivity contribution >= 4 is 0 Å². The Bertz CT molecular complexity index is 291. The molecular weight excluding hydrogens is 176 g/mol. The molecule has 0 atom stereocenters. The molecule has 1 aromatic heterocycles. The normalized spacial score (nSPS) is 10.4. The van der Waals surface area contributed by atoms with Crippen LogP contribution in [0.15, 0.2) is 22.8 Å². The fourth-order valence-electron chi connectivity index (χ4n) is 1.09. The van der Waals surface area contributed by atoms with Crippen LogP contribution in [0, 0.1) is 0 Å². The molecule has 1 aromatic rings. The second-order valence-corrected chi connectivity index (χ2v) is 3.46. The fraction of sp³-hybridized carbons (Fsp3) is 0.545. The Balaban J connectivity index is 2.21. The van der Waals surface area contributed by atoms with Crippen LogP contribution in [0.25, 0.3) is 0 Å². The Morgan fingerprint density at radius 2 is 2.43 bits per heavy atom. The van der Waals surface area contributed by atoms with E-state index in [1.807, 2.05) is 6.92 Å². The lowest BCUT2D eigenvalue weighted by Gasteiger charge is -2.00. The van der Waals surface area contributed by atoms with Crippen molar-refractivity contribution in [2.75, 3.05) is 6.54 Å². The molecule has 14 heavy (non-hydrogen) atoms. The van der Waals surface area contributed by atoms with E-state index in [0.29, 0.717) is 6.54 Å². The summed E-state index contributed by atoms with van der Waals surface area (Å²) >= 11 is 0. The van der Waals surface area contributed by atoms with Crippen LogP contribution in [0.4, 0.5) is 0 Å². The summed E-state index contributed by atoms with van der Waals surface area (Å²) in [6.07, 6.45) is 3.69. The zero-order valence-corrected chi connectivity index (χ0v) is 8.97. The maximum absolute atomic E-state index is 5.44. The average molecular weight is 194 g/mol. The summed E-state index contributed by atoms with van der Waals surface area (Å²) in [5, 5.41) is 3.25.